The van der Waals surface area contributed by atoms with Crippen molar-refractivity contribution in [1.82, 2.24) is 19.6 Å². The van der Waals surface area contributed by atoms with E-state index < -0.39 is 0 Å². The molecule has 0 spiro atoms. The van der Waals surface area contributed by atoms with Crippen LogP contribution in [0.4, 0.5) is 5.69 Å². The van der Waals surface area contributed by atoms with Gasteiger partial charge in [0.05, 0.1) is 22.8 Å². The number of halogens is 1. The van der Waals surface area contributed by atoms with Crippen LogP contribution in [0.3, 0.4) is 0 Å². The first-order valence-electron chi connectivity index (χ1n) is 7.64. The lowest BCUT2D eigenvalue weighted by atomic mass is 10.1. The number of hydrogen-bond donors (Lipinski definition) is 1. The number of Topliss-reactive ketones (excluding diaryl/α,β-unsaturated/α-hetero) is 1. The molecule has 1 aromatic carbocycles. The lowest BCUT2D eigenvalue weighted by Crippen LogP contribution is -2.15. The van der Waals surface area contributed by atoms with E-state index >= 15 is 0 Å². The number of anilines is 1. The molecule has 0 radical (unpaired) electrons. The van der Waals surface area contributed by atoms with Crippen molar-refractivity contribution in [3.8, 4) is 0 Å². The molecule has 128 valence electrons. The quantitative estimate of drug-likeness (QED) is 0.725. The van der Waals surface area contributed by atoms with E-state index in [0.717, 1.165) is 5.69 Å². The third-order valence-corrected chi connectivity index (χ3v) is 4.27. The van der Waals surface area contributed by atoms with Gasteiger partial charge < -0.3 is 5.32 Å². The molecule has 0 bridgehead atoms. The van der Waals surface area contributed by atoms with Crippen molar-refractivity contribution in [1.29, 1.82) is 0 Å². The molecular weight excluding hydrogens is 342 g/mol. The third kappa shape index (κ3) is 3.51. The zero-order valence-corrected chi connectivity index (χ0v) is 14.8. The van der Waals surface area contributed by atoms with Crippen molar-refractivity contribution >= 4 is 34.8 Å². The maximum Gasteiger partial charge on any atom is 0.252 e. The summed E-state index contributed by atoms with van der Waals surface area (Å²) in [6, 6.07) is 6.76. The first-order chi connectivity index (χ1) is 11.8. The van der Waals surface area contributed by atoms with Gasteiger partial charge in [-0.05, 0) is 32.9 Å². The predicted octanol–water partition coefficient (Wildman–Crippen LogP) is 2.78. The second-order valence-electron chi connectivity index (χ2n) is 5.70. The number of aromatic nitrogens is 4. The Hall–Kier alpha value is -2.80. The molecule has 3 aromatic rings. The number of rotatable bonds is 4. The summed E-state index contributed by atoms with van der Waals surface area (Å²) in [5.74, 6) is 0.405. The smallest absolute Gasteiger partial charge is 0.252 e. The Kier molecular flexibility index (Phi) is 4.50. The minimum atomic E-state index is -0.280. The van der Waals surface area contributed by atoms with Crippen LogP contribution in [0.2, 0.25) is 5.02 Å². The fraction of sp³-hybridized carbons (Fsp3) is 0.235. The topological polar surface area (TPSA) is 89.2 Å². The number of hydrogen-bond acceptors (Lipinski definition) is 5. The molecule has 0 unspecified atom stereocenters. The third-order valence-electron chi connectivity index (χ3n) is 3.73. The van der Waals surface area contributed by atoms with Gasteiger partial charge in [0, 0.05) is 11.3 Å². The van der Waals surface area contributed by atoms with E-state index in [9.17, 15) is 9.59 Å². The highest BCUT2D eigenvalue weighted by molar-refractivity contribution is 6.31. The number of carbonyl (C=O) groups is 2. The van der Waals surface area contributed by atoms with Crippen LogP contribution in [0.15, 0.2) is 24.3 Å². The molecule has 0 aliphatic rings. The average molecular weight is 358 g/mol. The fourth-order valence-corrected chi connectivity index (χ4v) is 2.56. The van der Waals surface area contributed by atoms with E-state index in [-0.39, 0.29) is 18.1 Å². The molecule has 0 aliphatic carbocycles. The highest BCUT2D eigenvalue weighted by Gasteiger charge is 2.14. The van der Waals surface area contributed by atoms with Gasteiger partial charge in [-0.1, -0.05) is 23.7 Å². The number of carbonyl (C=O) groups excluding carboxylic acids is 2. The maximum absolute atomic E-state index is 12.2. The van der Waals surface area contributed by atoms with Crippen LogP contribution in [-0.2, 0) is 11.2 Å². The predicted molar refractivity (Wildman–Crippen MR) is 94.0 cm³/mol. The van der Waals surface area contributed by atoms with Crippen molar-refractivity contribution in [3.63, 3.8) is 0 Å². The number of nitrogens with zero attached hydrogens (tertiary/aromatic N) is 4. The second kappa shape index (κ2) is 6.60. The first kappa shape index (κ1) is 17.0. The van der Waals surface area contributed by atoms with Crippen LogP contribution in [0.25, 0.3) is 5.78 Å². The maximum atomic E-state index is 12.2. The molecule has 7 nitrogen and oxygen atoms in total. The Balaban J connectivity index is 1.79. The summed E-state index contributed by atoms with van der Waals surface area (Å²) in [6.07, 6.45) is -0.0102. The van der Waals surface area contributed by atoms with E-state index in [1.54, 1.807) is 31.2 Å². The lowest BCUT2D eigenvalue weighted by Gasteiger charge is -2.05. The Morgan fingerprint density at radius 2 is 2.00 bits per heavy atom. The van der Waals surface area contributed by atoms with Crippen molar-refractivity contribution in [3.05, 3.63) is 52.1 Å². The lowest BCUT2D eigenvalue weighted by molar-refractivity contribution is -0.115. The number of fused-ring (bicyclic) bond motifs is 1. The molecule has 0 saturated heterocycles. The molecule has 1 amide bonds. The van der Waals surface area contributed by atoms with Gasteiger partial charge in [-0.15, -0.1) is 5.10 Å². The zero-order valence-electron chi connectivity index (χ0n) is 14.0. The summed E-state index contributed by atoms with van der Waals surface area (Å²) < 4.78 is 1.52. The second-order valence-corrected chi connectivity index (χ2v) is 6.08. The number of aryl methyl sites for hydroxylation is 2. The summed E-state index contributed by atoms with van der Waals surface area (Å²) in [5.41, 5.74) is 2.47. The Bertz CT molecular complexity index is 996. The molecule has 3 rings (SSSR count). The number of amides is 1. The van der Waals surface area contributed by atoms with E-state index in [1.165, 1.54) is 11.4 Å². The summed E-state index contributed by atoms with van der Waals surface area (Å²) in [5, 5.41) is 7.55. The molecule has 1 N–H and O–H groups in total. The van der Waals surface area contributed by atoms with Crippen LogP contribution in [-0.4, -0.2) is 31.3 Å². The number of ketones is 1. The minimum absolute atomic E-state index is 0.0102. The Morgan fingerprint density at radius 3 is 2.72 bits per heavy atom. The van der Waals surface area contributed by atoms with Crippen molar-refractivity contribution in [2.24, 2.45) is 0 Å². The Labute approximate surface area is 149 Å². The van der Waals surface area contributed by atoms with E-state index in [0.29, 0.717) is 33.6 Å². The fourth-order valence-electron chi connectivity index (χ4n) is 2.44. The van der Waals surface area contributed by atoms with Gasteiger partial charge in [-0.3, -0.25) is 9.59 Å². The highest BCUT2D eigenvalue weighted by atomic mass is 35.5. The molecule has 0 saturated carbocycles. The normalized spacial score (nSPS) is 10.9. The van der Waals surface area contributed by atoms with E-state index in [2.05, 4.69) is 20.4 Å². The summed E-state index contributed by atoms with van der Waals surface area (Å²) >= 11 is 6.16. The zero-order chi connectivity index (χ0) is 18.1. The van der Waals surface area contributed by atoms with Gasteiger partial charge in [-0.2, -0.15) is 9.50 Å². The van der Waals surface area contributed by atoms with Gasteiger partial charge in [-0.25, -0.2) is 4.98 Å². The van der Waals surface area contributed by atoms with Crippen LogP contribution >= 0.6 is 11.6 Å². The SMILES string of the molecule is CC(=O)c1cccc(NC(=O)Cc2nc3nc(C)c(Cl)c(C)n3n2)c1. The molecule has 0 fully saturated rings. The molecule has 0 atom stereocenters. The van der Waals surface area contributed by atoms with Crippen LogP contribution < -0.4 is 5.32 Å². The van der Waals surface area contributed by atoms with Gasteiger partial charge in [0.2, 0.25) is 5.91 Å². The van der Waals surface area contributed by atoms with E-state index in [1.807, 2.05) is 6.92 Å². The molecule has 25 heavy (non-hydrogen) atoms. The van der Waals surface area contributed by atoms with Crippen LogP contribution in [0.1, 0.15) is 34.5 Å². The molecule has 2 heterocycles. The molecule has 0 aliphatic heterocycles. The van der Waals surface area contributed by atoms with Gasteiger partial charge >= 0.3 is 0 Å². The summed E-state index contributed by atoms with van der Waals surface area (Å²) in [7, 11) is 0. The highest BCUT2D eigenvalue weighted by Crippen LogP contribution is 2.19. The molecular formula is C17H16ClN5O2. The van der Waals surface area contributed by atoms with Gasteiger partial charge in [0.25, 0.3) is 5.78 Å². The van der Waals surface area contributed by atoms with Gasteiger partial charge in [0.1, 0.15) is 0 Å². The standard InChI is InChI=1S/C17H16ClN5O2/c1-9-16(18)10(2)23-17(19-9)21-14(22-23)8-15(25)20-13-6-4-5-12(7-13)11(3)24/h4-7H,8H2,1-3H3,(H,20,25). The van der Waals surface area contributed by atoms with Crippen LogP contribution in [0, 0.1) is 13.8 Å². The summed E-state index contributed by atoms with van der Waals surface area (Å²) in [6.45, 7) is 5.08. The average Bonchev–Trinajstić information content (AvgIpc) is 2.95. The molecule has 8 heteroatoms. The monoisotopic (exact) mass is 357 g/mol. The van der Waals surface area contributed by atoms with Crippen molar-refractivity contribution in [2.45, 2.75) is 27.2 Å². The van der Waals surface area contributed by atoms with Gasteiger partial charge in [0.15, 0.2) is 11.6 Å². The minimum Gasteiger partial charge on any atom is -0.326 e. The summed E-state index contributed by atoms with van der Waals surface area (Å²) in [4.78, 5) is 32.2. The van der Waals surface area contributed by atoms with Crippen molar-refractivity contribution < 1.29 is 9.59 Å². The van der Waals surface area contributed by atoms with Crippen molar-refractivity contribution in [2.75, 3.05) is 5.32 Å². The first-order valence-corrected chi connectivity index (χ1v) is 8.02. The number of nitrogens with one attached hydrogen (secondary N) is 1. The largest absolute Gasteiger partial charge is 0.326 e. The van der Waals surface area contributed by atoms with Crippen LogP contribution in [0.5, 0.6) is 0 Å². The number of benzene rings is 1. The Morgan fingerprint density at radius 1 is 1.24 bits per heavy atom. The molecule has 2 aromatic heterocycles. The van der Waals surface area contributed by atoms with E-state index in [4.69, 9.17) is 11.6 Å².